The Hall–Kier alpha value is -2.89. The number of carbonyl (C=O) groups is 1. The molecule has 1 aliphatic rings. The molecule has 1 amide bonds. The van der Waals surface area contributed by atoms with E-state index in [4.69, 9.17) is 18.9 Å². The quantitative estimate of drug-likeness (QED) is 0.808. The first-order valence-electron chi connectivity index (χ1n) is 8.75. The topological polar surface area (TPSA) is 57.2 Å². The molecular weight excluding hydrogens is 346 g/mol. The monoisotopic (exact) mass is 371 g/mol. The molecule has 6 nitrogen and oxygen atoms in total. The highest BCUT2D eigenvalue weighted by Crippen LogP contribution is 2.43. The molecule has 1 atom stereocenters. The highest BCUT2D eigenvalue weighted by Gasteiger charge is 2.31. The summed E-state index contributed by atoms with van der Waals surface area (Å²) in [5.41, 5.74) is 3.14. The number of fused-ring (bicyclic) bond motifs is 1. The number of carbonyl (C=O) groups excluding carboxylic acids is 1. The highest BCUT2D eigenvalue weighted by molar-refractivity contribution is 5.74. The van der Waals surface area contributed by atoms with Gasteiger partial charge in [0, 0.05) is 31.5 Å². The number of nitrogens with zero attached hydrogens (tertiary/aromatic N) is 1. The van der Waals surface area contributed by atoms with Gasteiger partial charge in [0.15, 0.2) is 23.0 Å². The summed E-state index contributed by atoms with van der Waals surface area (Å²) in [6, 6.07) is 9.83. The molecule has 2 aromatic rings. The van der Waals surface area contributed by atoms with Crippen LogP contribution >= 0.6 is 0 Å². The Labute approximate surface area is 159 Å². The SMILES string of the molecule is COc1ccc([C@@H]2CN(C(C)=O)Cc3c2ccc(OC)c3OC)cc1OC. The number of hydrogen-bond acceptors (Lipinski definition) is 5. The maximum absolute atomic E-state index is 12.2. The van der Waals surface area contributed by atoms with Gasteiger partial charge in [0.2, 0.25) is 5.91 Å². The second-order valence-corrected chi connectivity index (χ2v) is 6.44. The van der Waals surface area contributed by atoms with Crippen molar-refractivity contribution in [3.05, 3.63) is 47.0 Å². The number of benzene rings is 2. The molecule has 0 fully saturated rings. The number of rotatable bonds is 5. The van der Waals surface area contributed by atoms with Crippen LogP contribution in [0, 0.1) is 0 Å². The number of methoxy groups -OCH3 is 4. The Bertz CT molecular complexity index is 849. The van der Waals surface area contributed by atoms with E-state index in [-0.39, 0.29) is 11.8 Å². The highest BCUT2D eigenvalue weighted by atomic mass is 16.5. The molecule has 0 aliphatic carbocycles. The Morgan fingerprint density at radius 1 is 0.926 bits per heavy atom. The fourth-order valence-corrected chi connectivity index (χ4v) is 3.66. The van der Waals surface area contributed by atoms with Gasteiger partial charge in [0.1, 0.15) is 0 Å². The summed E-state index contributed by atoms with van der Waals surface area (Å²) in [6.45, 7) is 2.67. The zero-order chi connectivity index (χ0) is 19.6. The maximum Gasteiger partial charge on any atom is 0.219 e. The lowest BCUT2D eigenvalue weighted by Gasteiger charge is -2.35. The zero-order valence-electron chi connectivity index (χ0n) is 16.4. The van der Waals surface area contributed by atoms with Crippen LogP contribution in [0.15, 0.2) is 30.3 Å². The average Bonchev–Trinajstić information content (AvgIpc) is 2.71. The van der Waals surface area contributed by atoms with E-state index in [9.17, 15) is 4.79 Å². The molecule has 0 saturated heterocycles. The van der Waals surface area contributed by atoms with E-state index in [1.165, 1.54) is 0 Å². The summed E-state index contributed by atoms with van der Waals surface area (Å²) in [4.78, 5) is 14.0. The fourth-order valence-electron chi connectivity index (χ4n) is 3.66. The van der Waals surface area contributed by atoms with Crippen molar-refractivity contribution in [2.75, 3.05) is 35.0 Å². The summed E-state index contributed by atoms with van der Waals surface area (Å²) in [5.74, 6) is 2.69. The van der Waals surface area contributed by atoms with Crippen molar-refractivity contribution in [3.8, 4) is 23.0 Å². The first-order chi connectivity index (χ1) is 13.0. The first-order valence-corrected chi connectivity index (χ1v) is 8.75. The van der Waals surface area contributed by atoms with E-state index >= 15 is 0 Å². The van der Waals surface area contributed by atoms with Crippen LogP contribution in [0.5, 0.6) is 23.0 Å². The van der Waals surface area contributed by atoms with Gasteiger partial charge in [-0.2, -0.15) is 0 Å². The van der Waals surface area contributed by atoms with E-state index in [2.05, 4.69) is 6.07 Å². The van der Waals surface area contributed by atoms with E-state index < -0.39 is 0 Å². The van der Waals surface area contributed by atoms with Gasteiger partial charge in [0.25, 0.3) is 0 Å². The van der Waals surface area contributed by atoms with Crippen LogP contribution in [0.2, 0.25) is 0 Å². The molecule has 6 heteroatoms. The fraction of sp³-hybridized carbons (Fsp3) is 0.381. The first kappa shape index (κ1) is 18.9. The minimum Gasteiger partial charge on any atom is -0.493 e. The molecule has 0 N–H and O–H groups in total. The Morgan fingerprint density at radius 3 is 2.19 bits per heavy atom. The lowest BCUT2D eigenvalue weighted by Crippen LogP contribution is -2.37. The van der Waals surface area contributed by atoms with Crippen molar-refractivity contribution in [3.63, 3.8) is 0 Å². The van der Waals surface area contributed by atoms with Gasteiger partial charge in [0.05, 0.1) is 28.4 Å². The zero-order valence-corrected chi connectivity index (χ0v) is 16.4. The van der Waals surface area contributed by atoms with Crippen LogP contribution in [0.1, 0.15) is 29.5 Å². The molecule has 1 heterocycles. The summed E-state index contributed by atoms with van der Waals surface area (Å²) < 4.78 is 21.9. The smallest absolute Gasteiger partial charge is 0.219 e. The molecule has 0 unspecified atom stereocenters. The van der Waals surface area contributed by atoms with Gasteiger partial charge in [-0.15, -0.1) is 0 Å². The minimum absolute atomic E-state index is 0.00253. The van der Waals surface area contributed by atoms with Gasteiger partial charge in [-0.05, 0) is 29.3 Å². The third kappa shape index (κ3) is 3.39. The van der Waals surface area contributed by atoms with Gasteiger partial charge in [-0.25, -0.2) is 0 Å². The average molecular weight is 371 g/mol. The van der Waals surface area contributed by atoms with Crippen LogP contribution in [0.4, 0.5) is 0 Å². The molecular formula is C21H25NO5. The summed E-state index contributed by atoms with van der Waals surface area (Å²) in [6.07, 6.45) is 0. The van der Waals surface area contributed by atoms with Crippen molar-refractivity contribution in [2.45, 2.75) is 19.4 Å². The lowest BCUT2D eigenvalue weighted by atomic mass is 9.84. The van der Waals surface area contributed by atoms with Gasteiger partial charge in [-0.3, -0.25) is 4.79 Å². The van der Waals surface area contributed by atoms with Crippen LogP contribution < -0.4 is 18.9 Å². The van der Waals surface area contributed by atoms with E-state index in [1.54, 1.807) is 35.4 Å². The maximum atomic E-state index is 12.2. The third-order valence-corrected chi connectivity index (χ3v) is 5.07. The molecule has 144 valence electrons. The molecule has 3 rings (SSSR count). The van der Waals surface area contributed by atoms with Crippen molar-refractivity contribution in [2.24, 2.45) is 0 Å². The summed E-state index contributed by atoms with van der Waals surface area (Å²) >= 11 is 0. The third-order valence-electron chi connectivity index (χ3n) is 5.07. The second kappa shape index (κ2) is 7.78. The van der Waals surface area contributed by atoms with E-state index in [1.807, 2.05) is 29.2 Å². The molecule has 27 heavy (non-hydrogen) atoms. The van der Waals surface area contributed by atoms with Gasteiger partial charge < -0.3 is 23.8 Å². The Morgan fingerprint density at radius 2 is 1.59 bits per heavy atom. The molecule has 0 bridgehead atoms. The Balaban J connectivity index is 2.15. The molecule has 0 spiro atoms. The lowest BCUT2D eigenvalue weighted by molar-refractivity contribution is -0.129. The predicted molar refractivity (Wildman–Crippen MR) is 102 cm³/mol. The predicted octanol–water partition coefficient (Wildman–Crippen LogP) is 3.22. The van der Waals surface area contributed by atoms with Crippen LogP contribution in [0.3, 0.4) is 0 Å². The largest absolute Gasteiger partial charge is 0.493 e. The Kier molecular flexibility index (Phi) is 5.44. The van der Waals surface area contributed by atoms with Crippen molar-refractivity contribution < 1.29 is 23.7 Å². The molecule has 2 aromatic carbocycles. The number of amides is 1. The van der Waals surface area contributed by atoms with Crippen molar-refractivity contribution in [1.29, 1.82) is 0 Å². The minimum atomic E-state index is -0.00253. The molecule has 0 aromatic heterocycles. The summed E-state index contributed by atoms with van der Waals surface area (Å²) in [7, 11) is 6.46. The summed E-state index contributed by atoms with van der Waals surface area (Å²) in [5, 5.41) is 0. The van der Waals surface area contributed by atoms with Crippen LogP contribution in [-0.4, -0.2) is 45.8 Å². The van der Waals surface area contributed by atoms with Crippen molar-refractivity contribution >= 4 is 5.91 Å². The molecule has 0 saturated carbocycles. The van der Waals surface area contributed by atoms with Gasteiger partial charge >= 0.3 is 0 Å². The van der Waals surface area contributed by atoms with Crippen LogP contribution in [-0.2, 0) is 11.3 Å². The normalized spacial score (nSPS) is 15.7. The molecule has 1 aliphatic heterocycles. The van der Waals surface area contributed by atoms with Gasteiger partial charge in [-0.1, -0.05) is 12.1 Å². The number of hydrogen-bond donors (Lipinski definition) is 0. The molecule has 0 radical (unpaired) electrons. The van der Waals surface area contributed by atoms with Crippen molar-refractivity contribution in [1.82, 2.24) is 4.90 Å². The standard InChI is InChI=1S/C21H25NO5/c1-13(23)22-11-16(14-6-8-18(24-2)20(10-14)26-4)15-7-9-19(25-3)21(27-5)17(15)12-22/h6-10,16H,11-12H2,1-5H3/t16-/m0/s1. The second-order valence-electron chi connectivity index (χ2n) is 6.44. The van der Waals surface area contributed by atoms with E-state index in [0.717, 1.165) is 16.7 Å². The van der Waals surface area contributed by atoms with E-state index in [0.29, 0.717) is 36.1 Å². The number of ether oxygens (including phenoxy) is 4. The van der Waals surface area contributed by atoms with Crippen LogP contribution in [0.25, 0.3) is 0 Å².